The summed E-state index contributed by atoms with van der Waals surface area (Å²) in [7, 11) is 0. The molecular weight excluding hydrogens is 618 g/mol. The highest BCUT2D eigenvalue weighted by molar-refractivity contribution is 8.17. The first-order chi connectivity index (χ1) is 22.7. The Hall–Kier alpha value is -3.65. The molecule has 3 fully saturated rings. The van der Waals surface area contributed by atoms with Gasteiger partial charge in [0.05, 0.1) is 24.4 Å². The Morgan fingerprint density at radius 2 is 1.98 bits per heavy atom. The summed E-state index contributed by atoms with van der Waals surface area (Å²) in [5.74, 6) is 0.983. The van der Waals surface area contributed by atoms with Gasteiger partial charge >= 0.3 is 0 Å². The van der Waals surface area contributed by atoms with Gasteiger partial charge in [-0.2, -0.15) is 0 Å². The number of hydrogen-bond donors (Lipinski definition) is 2. The standard InChI is InChI=1S/C34H43N7O5S/c1-20-18-40(33(44)31-22(3)39-46-23(31)4)11-12-41(20)27-14-25(15-27)32(43)38-34-35-10-6-7-24(13-21(2)47-34)26-16-36-30(37-17-26)19-45-29-9-5-8-28(29)42/h6-7,13,16-17,20,25,27-29,42H,2,5,8-12,14-15,18-19H2,1,3-4H3,(H,35,38,43)/b7-6-,24-13+/t20-,25?,27?,28-,29-/m0/s1. The van der Waals surface area contributed by atoms with Gasteiger partial charge in [0.1, 0.15) is 17.9 Å². The fourth-order valence-corrected chi connectivity index (χ4v) is 7.48. The number of aromatic nitrogens is 3. The fraction of sp³-hybridized carbons (Fsp3) is 0.529. The van der Waals surface area contributed by atoms with Crippen LogP contribution >= 0.6 is 11.8 Å². The van der Waals surface area contributed by atoms with Crippen molar-refractivity contribution in [2.75, 3.05) is 26.2 Å². The molecule has 6 rings (SSSR count). The predicted octanol–water partition coefficient (Wildman–Crippen LogP) is 3.81. The molecule has 250 valence electrons. The average Bonchev–Trinajstić information content (AvgIpc) is 3.61. The summed E-state index contributed by atoms with van der Waals surface area (Å²) >= 11 is 1.33. The first kappa shape index (κ1) is 33.3. The molecule has 0 radical (unpaired) electrons. The van der Waals surface area contributed by atoms with Crippen molar-refractivity contribution in [3.05, 3.63) is 70.5 Å². The second-order valence-electron chi connectivity index (χ2n) is 12.8. The smallest absolute Gasteiger partial charge is 0.259 e. The largest absolute Gasteiger partial charge is 0.390 e. The number of aryl methyl sites for hydroxylation is 2. The number of hydrogen-bond acceptors (Lipinski definition) is 11. The van der Waals surface area contributed by atoms with Gasteiger partial charge in [-0.05, 0) is 64.5 Å². The van der Waals surface area contributed by atoms with Crippen molar-refractivity contribution in [2.24, 2.45) is 10.9 Å². The van der Waals surface area contributed by atoms with Crippen LogP contribution < -0.4 is 5.32 Å². The van der Waals surface area contributed by atoms with Crippen LogP contribution in [0.5, 0.6) is 0 Å². The van der Waals surface area contributed by atoms with Crippen LogP contribution in [0.25, 0.3) is 5.57 Å². The van der Waals surface area contributed by atoms with Crippen LogP contribution in [0.1, 0.15) is 72.2 Å². The Kier molecular flexibility index (Phi) is 10.4. The summed E-state index contributed by atoms with van der Waals surface area (Å²) in [5, 5.41) is 17.5. The molecule has 13 heteroatoms. The normalized spacial score (nSPS) is 28.7. The number of aliphatic imine (C=N–C) groups is 1. The number of piperazine rings is 1. The van der Waals surface area contributed by atoms with Crippen LogP contribution in [0, 0.1) is 19.8 Å². The molecule has 0 unspecified atom stereocenters. The van der Waals surface area contributed by atoms with Crippen molar-refractivity contribution in [1.29, 1.82) is 0 Å². The molecular formula is C34H43N7O5S. The number of amidine groups is 1. The predicted molar refractivity (Wildman–Crippen MR) is 179 cm³/mol. The highest BCUT2D eigenvalue weighted by Crippen LogP contribution is 2.35. The van der Waals surface area contributed by atoms with Gasteiger partial charge in [-0.1, -0.05) is 35.6 Å². The number of aliphatic hydroxyl groups excluding tert-OH is 1. The molecule has 2 amide bonds. The van der Waals surface area contributed by atoms with Crippen LogP contribution in [0.15, 0.2) is 51.6 Å². The summed E-state index contributed by atoms with van der Waals surface area (Å²) in [6.07, 6.45) is 13.0. The number of nitrogens with one attached hydrogen (secondary N) is 1. The van der Waals surface area contributed by atoms with E-state index in [4.69, 9.17) is 9.26 Å². The molecule has 2 aliphatic carbocycles. The molecule has 2 saturated carbocycles. The third-order valence-corrected chi connectivity index (χ3v) is 10.3. The minimum absolute atomic E-state index is 0.0241. The number of rotatable bonds is 7. The van der Waals surface area contributed by atoms with Crippen LogP contribution in [0.2, 0.25) is 0 Å². The van der Waals surface area contributed by atoms with Crippen molar-refractivity contribution in [3.63, 3.8) is 0 Å². The lowest BCUT2D eigenvalue weighted by atomic mass is 9.78. The lowest BCUT2D eigenvalue weighted by Gasteiger charge is -2.49. The monoisotopic (exact) mass is 661 g/mol. The van der Waals surface area contributed by atoms with Crippen molar-refractivity contribution in [3.8, 4) is 0 Å². The zero-order chi connectivity index (χ0) is 33.1. The van der Waals surface area contributed by atoms with Crippen LogP contribution in [-0.4, -0.2) is 97.5 Å². The number of allylic oxidation sites excluding steroid dienone is 3. The van der Waals surface area contributed by atoms with E-state index in [9.17, 15) is 14.7 Å². The Balaban J connectivity index is 0.969. The summed E-state index contributed by atoms with van der Waals surface area (Å²) in [4.78, 5) is 44.9. The van der Waals surface area contributed by atoms with Gasteiger partial charge in [-0.15, -0.1) is 0 Å². The highest BCUT2D eigenvalue weighted by Gasteiger charge is 2.42. The molecule has 12 nitrogen and oxygen atoms in total. The second-order valence-corrected chi connectivity index (χ2v) is 13.9. The second kappa shape index (κ2) is 14.6. The molecule has 0 aromatic carbocycles. The van der Waals surface area contributed by atoms with E-state index in [1.165, 1.54) is 11.8 Å². The van der Waals surface area contributed by atoms with E-state index >= 15 is 0 Å². The van der Waals surface area contributed by atoms with E-state index < -0.39 is 6.10 Å². The number of nitrogens with zero attached hydrogens (tertiary/aromatic N) is 6. The summed E-state index contributed by atoms with van der Waals surface area (Å²) in [5.41, 5.74) is 2.92. The lowest BCUT2D eigenvalue weighted by molar-refractivity contribution is -0.129. The number of amides is 2. The van der Waals surface area contributed by atoms with Crippen molar-refractivity contribution >= 4 is 34.3 Å². The van der Waals surface area contributed by atoms with Gasteiger partial charge < -0.3 is 24.6 Å². The van der Waals surface area contributed by atoms with Gasteiger partial charge in [0.25, 0.3) is 5.91 Å². The van der Waals surface area contributed by atoms with Gasteiger partial charge in [-0.25, -0.2) is 9.97 Å². The van der Waals surface area contributed by atoms with E-state index in [1.807, 2.05) is 23.1 Å². The molecule has 2 aromatic heterocycles. The maximum Gasteiger partial charge on any atom is 0.259 e. The Morgan fingerprint density at radius 1 is 1.19 bits per heavy atom. The molecule has 3 atom stereocenters. The van der Waals surface area contributed by atoms with E-state index in [0.717, 1.165) is 54.7 Å². The number of carbonyl (C=O) groups excluding carboxylic acids is 2. The molecule has 47 heavy (non-hydrogen) atoms. The topological polar surface area (TPSA) is 146 Å². The first-order valence-electron chi connectivity index (χ1n) is 16.4. The Labute approximate surface area is 279 Å². The van der Waals surface area contributed by atoms with E-state index in [2.05, 4.69) is 43.8 Å². The Bertz CT molecular complexity index is 1560. The van der Waals surface area contributed by atoms with Gasteiger partial charge in [0.2, 0.25) is 5.91 Å². The molecule has 2 N–H and O–H groups in total. The van der Waals surface area contributed by atoms with Crippen molar-refractivity contribution in [2.45, 2.75) is 83.8 Å². The van der Waals surface area contributed by atoms with E-state index in [1.54, 1.807) is 26.2 Å². The fourth-order valence-electron chi connectivity index (χ4n) is 6.75. The van der Waals surface area contributed by atoms with Crippen LogP contribution in [0.3, 0.4) is 0 Å². The summed E-state index contributed by atoms with van der Waals surface area (Å²) < 4.78 is 11.0. The minimum Gasteiger partial charge on any atom is -0.390 e. The molecule has 2 aromatic rings. The number of aliphatic hydroxyl groups is 1. The molecule has 0 bridgehead atoms. The van der Waals surface area contributed by atoms with Gasteiger partial charge in [-0.3, -0.25) is 19.5 Å². The average molecular weight is 662 g/mol. The van der Waals surface area contributed by atoms with E-state index in [-0.39, 0.29) is 36.5 Å². The van der Waals surface area contributed by atoms with Crippen molar-refractivity contribution < 1.29 is 24.0 Å². The first-order valence-corrected chi connectivity index (χ1v) is 17.2. The van der Waals surface area contributed by atoms with E-state index in [0.29, 0.717) is 53.7 Å². The number of ether oxygens (including phenoxy) is 1. The zero-order valence-electron chi connectivity index (χ0n) is 27.2. The molecule has 4 heterocycles. The molecule has 4 aliphatic rings. The zero-order valence-corrected chi connectivity index (χ0v) is 28.0. The maximum absolute atomic E-state index is 13.2. The Morgan fingerprint density at radius 3 is 2.66 bits per heavy atom. The molecule has 1 saturated heterocycles. The van der Waals surface area contributed by atoms with Gasteiger partial charge in [0, 0.05) is 60.5 Å². The highest BCUT2D eigenvalue weighted by atomic mass is 32.2. The lowest BCUT2D eigenvalue weighted by Crippen LogP contribution is -2.60. The molecule has 0 spiro atoms. The maximum atomic E-state index is 13.2. The van der Waals surface area contributed by atoms with Crippen LogP contribution in [-0.2, 0) is 16.1 Å². The number of carbonyl (C=O) groups is 2. The summed E-state index contributed by atoms with van der Waals surface area (Å²) in [6, 6.07) is 0.499. The molecule has 2 aliphatic heterocycles. The van der Waals surface area contributed by atoms with Crippen molar-refractivity contribution in [1.82, 2.24) is 30.2 Å². The minimum atomic E-state index is -0.412. The summed E-state index contributed by atoms with van der Waals surface area (Å²) in [6.45, 7) is 12.6. The quantitative estimate of drug-likeness (QED) is 0.449. The third kappa shape index (κ3) is 7.75. The van der Waals surface area contributed by atoms with Crippen LogP contribution in [0.4, 0.5) is 0 Å². The number of thioether (sulfide) groups is 1. The SMILES string of the molecule is C=C1/C=C(c2cnc(CO[C@H]3CCC[C@@H]3O)nc2)\C=C/CN=C(NC(=O)C2CC(N3CCN(C(=O)c4c(C)noc4C)C[C@@H]3C)C2)S1. The van der Waals surface area contributed by atoms with Gasteiger partial charge in [0.15, 0.2) is 11.0 Å². The third-order valence-electron chi connectivity index (χ3n) is 9.46.